The van der Waals surface area contributed by atoms with Crippen LogP contribution >= 0.6 is 0 Å². The van der Waals surface area contributed by atoms with E-state index in [0.717, 1.165) is 6.42 Å². The zero-order valence-corrected chi connectivity index (χ0v) is 30.2. The van der Waals surface area contributed by atoms with E-state index in [1.165, 1.54) is 6.92 Å². The van der Waals surface area contributed by atoms with Gasteiger partial charge in [-0.05, 0) is 83.0 Å². The van der Waals surface area contributed by atoms with Gasteiger partial charge in [0.2, 0.25) is 23.6 Å². The smallest absolute Gasteiger partial charge is 0.449 e. The number of unbranched alkanes of at least 4 members (excludes halogenated alkanes) is 1. The normalized spacial score (nSPS) is 49.9. The van der Waals surface area contributed by atoms with Crippen molar-refractivity contribution in [1.29, 1.82) is 0 Å². The minimum Gasteiger partial charge on any atom is -0.456 e. The van der Waals surface area contributed by atoms with Crippen LogP contribution in [0.1, 0.15) is 98.8 Å². The van der Waals surface area contributed by atoms with Gasteiger partial charge < -0.3 is 28.4 Å². The third-order valence-corrected chi connectivity index (χ3v) is 13.8. The summed E-state index contributed by atoms with van der Waals surface area (Å²) >= 11 is 0. The number of ether oxygens (including phenoxy) is 6. The van der Waals surface area contributed by atoms with Crippen LogP contribution in [0.5, 0.6) is 0 Å². The van der Waals surface area contributed by atoms with Crippen LogP contribution in [0, 0.1) is 41.4 Å². The summed E-state index contributed by atoms with van der Waals surface area (Å²) in [6.07, 6.45) is -7.54. The second kappa shape index (κ2) is 12.6. The molecule has 10 aliphatic rings. The molecule has 2 spiro atoms. The highest BCUT2D eigenvalue weighted by atomic mass is 19.4. The Morgan fingerprint density at radius 2 is 1.27 bits per heavy atom. The maximum atomic E-state index is 15.1. The molecule has 0 aromatic carbocycles. The van der Waals surface area contributed by atoms with Gasteiger partial charge in [0.15, 0.2) is 17.5 Å². The lowest BCUT2D eigenvalue weighted by Gasteiger charge is -2.62. The number of halogens is 6. The maximum Gasteiger partial charge on any atom is 0.449 e. The van der Waals surface area contributed by atoms with Crippen molar-refractivity contribution in [2.75, 3.05) is 19.8 Å². The molecule has 0 N–H and O–H groups in total. The Morgan fingerprint density at radius 1 is 0.673 bits per heavy atom. The van der Waals surface area contributed by atoms with Gasteiger partial charge in [0.25, 0.3) is 5.79 Å². The number of allylic oxidation sites excluding steroid dienone is 1. The Morgan fingerprint density at radius 3 is 1.92 bits per heavy atom. The fraction of sp³-hybridized carbons (Fsp3) is 0.944. The standard InChI is InChI=1S/C36H50F6O10/c1-19-8-10-25-21(3)34(36(40,41)42,48-29-32(25)23(19)12-15-31(5,47-29)50-51-32)44-17-7-6-16-43-18-22-26-11-9-20(2)24-13-14-30(4)46-28(33(24,26)52-49-30)45-27(22)35(37,38)39/h19-21,23-26,28-29H,6-18H2,1-5H3/t19-,20-,21-,23?,24?,25+,26+,28-,29+,30+,31+,32?,33?,34-/m1/s1. The quantitative estimate of drug-likeness (QED) is 0.138. The first kappa shape index (κ1) is 37.7. The van der Waals surface area contributed by atoms with Crippen molar-refractivity contribution >= 4 is 0 Å². The van der Waals surface area contributed by atoms with E-state index in [2.05, 4.69) is 13.8 Å². The maximum absolute atomic E-state index is 15.1. The topological polar surface area (TPSA) is 92.3 Å². The minimum atomic E-state index is -4.90. The van der Waals surface area contributed by atoms with E-state index in [0.29, 0.717) is 44.9 Å². The van der Waals surface area contributed by atoms with Crippen molar-refractivity contribution in [2.24, 2.45) is 41.4 Å². The summed E-state index contributed by atoms with van der Waals surface area (Å²) in [5.41, 5.74) is -2.53. The van der Waals surface area contributed by atoms with Crippen LogP contribution in [0.25, 0.3) is 0 Å². The Kier molecular flexibility index (Phi) is 9.15. The summed E-state index contributed by atoms with van der Waals surface area (Å²) in [5.74, 6) is -9.03. The van der Waals surface area contributed by atoms with E-state index in [9.17, 15) is 13.2 Å². The molecule has 4 unspecified atom stereocenters. The molecule has 16 heteroatoms. The molecule has 2 saturated carbocycles. The molecule has 0 radical (unpaired) electrons. The molecule has 7 saturated heterocycles. The molecule has 296 valence electrons. The van der Waals surface area contributed by atoms with Crippen molar-refractivity contribution in [3.63, 3.8) is 0 Å². The summed E-state index contributed by atoms with van der Waals surface area (Å²) in [6, 6.07) is 0. The lowest BCUT2D eigenvalue weighted by molar-refractivity contribution is -0.598. The Hall–Kier alpha value is -1.24. The first-order chi connectivity index (χ1) is 24.4. The van der Waals surface area contributed by atoms with E-state index in [1.54, 1.807) is 13.8 Å². The van der Waals surface area contributed by atoms with Gasteiger partial charge >= 0.3 is 12.4 Å². The molecule has 0 amide bonds. The average molecular weight is 757 g/mol. The highest BCUT2D eigenvalue weighted by Gasteiger charge is 2.77. The average Bonchev–Trinajstić information content (AvgIpc) is 3.44. The number of alkyl halides is 6. The Bertz CT molecular complexity index is 1410. The number of hydrogen-bond donors (Lipinski definition) is 0. The molecular formula is C36H50F6O10. The lowest BCUT2D eigenvalue weighted by atomic mass is 9.57. The van der Waals surface area contributed by atoms with Gasteiger partial charge in [0.1, 0.15) is 0 Å². The first-order valence-corrected chi connectivity index (χ1v) is 18.9. The zero-order chi connectivity index (χ0) is 37.1. The predicted octanol–water partition coefficient (Wildman–Crippen LogP) is 8.00. The van der Waals surface area contributed by atoms with Crippen LogP contribution in [0.3, 0.4) is 0 Å². The third kappa shape index (κ3) is 5.53. The molecule has 2 aliphatic carbocycles. The summed E-state index contributed by atoms with van der Waals surface area (Å²) in [6.45, 7) is 8.15. The highest BCUT2D eigenvalue weighted by molar-refractivity contribution is 5.28. The van der Waals surface area contributed by atoms with Gasteiger partial charge in [-0.2, -0.15) is 26.3 Å². The second-order valence-corrected chi connectivity index (χ2v) is 16.9. The second-order valence-electron chi connectivity index (χ2n) is 16.9. The van der Waals surface area contributed by atoms with Crippen LogP contribution in [-0.4, -0.2) is 73.3 Å². The minimum absolute atomic E-state index is 0.0249. The molecule has 4 bridgehead atoms. The van der Waals surface area contributed by atoms with E-state index in [1.807, 2.05) is 0 Å². The highest BCUT2D eigenvalue weighted by Crippen LogP contribution is 2.65. The summed E-state index contributed by atoms with van der Waals surface area (Å²) in [7, 11) is 0. The third-order valence-electron chi connectivity index (χ3n) is 13.8. The van der Waals surface area contributed by atoms with E-state index in [-0.39, 0.29) is 55.3 Å². The molecule has 0 aromatic rings. The predicted molar refractivity (Wildman–Crippen MR) is 165 cm³/mol. The van der Waals surface area contributed by atoms with Crippen molar-refractivity contribution in [3.8, 4) is 0 Å². The van der Waals surface area contributed by atoms with E-state index < -0.39 is 83.6 Å². The zero-order valence-electron chi connectivity index (χ0n) is 30.2. The van der Waals surface area contributed by atoms with E-state index >= 15 is 13.2 Å². The van der Waals surface area contributed by atoms with Gasteiger partial charge in [0.05, 0.1) is 13.2 Å². The molecule has 52 heavy (non-hydrogen) atoms. The van der Waals surface area contributed by atoms with Gasteiger partial charge in [-0.3, -0.25) is 0 Å². The summed E-state index contributed by atoms with van der Waals surface area (Å²) in [5, 5.41) is 0. The van der Waals surface area contributed by atoms with Gasteiger partial charge in [-0.1, -0.05) is 20.8 Å². The fourth-order valence-electron chi connectivity index (χ4n) is 11.1. The number of hydrogen-bond acceptors (Lipinski definition) is 10. The molecule has 0 aromatic heterocycles. The molecule has 10 rings (SSSR count). The van der Waals surface area contributed by atoms with Gasteiger partial charge in [-0.15, -0.1) is 0 Å². The molecule has 8 aliphatic heterocycles. The molecule has 10 nitrogen and oxygen atoms in total. The Balaban J connectivity index is 0.942. The molecule has 14 atom stereocenters. The van der Waals surface area contributed by atoms with Crippen LogP contribution < -0.4 is 0 Å². The molecule has 8 heterocycles. The van der Waals surface area contributed by atoms with Gasteiger partial charge in [-0.25, -0.2) is 19.6 Å². The van der Waals surface area contributed by atoms with Crippen molar-refractivity contribution in [3.05, 3.63) is 11.3 Å². The van der Waals surface area contributed by atoms with Crippen LogP contribution in [0.2, 0.25) is 0 Å². The lowest BCUT2D eigenvalue weighted by Crippen LogP contribution is -2.76. The number of rotatable bonds is 8. The first-order valence-electron chi connectivity index (χ1n) is 18.9. The largest absolute Gasteiger partial charge is 0.456 e. The molecule has 9 fully saturated rings. The van der Waals surface area contributed by atoms with E-state index in [4.69, 9.17) is 48.0 Å². The van der Waals surface area contributed by atoms with Crippen LogP contribution in [0.4, 0.5) is 26.3 Å². The van der Waals surface area contributed by atoms with Crippen molar-refractivity contribution in [2.45, 2.75) is 152 Å². The molecular weight excluding hydrogens is 706 g/mol. The fourth-order valence-corrected chi connectivity index (χ4v) is 11.1. The Labute approximate surface area is 299 Å². The van der Waals surface area contributed by atoms with Crippen LogP contribution in [-0.2, 0) is 48.0 Å². The van der Waals surface area contributed by atoms with Crippen molar-refractivity contribution in [1.82, 2.24) is 0 Å². The monoisotopic (exact) mass is 756 g/mol. The number of fused-ring (bicyclic) bond motifs is 4. The van der Waals surface area contributed by atoms with Crippen LogP contribution in [0.15, 0.2) is 11.3 Å². The van der Waals surface area contributed by atoms with Crippen molar-refractivity contribution < 1.29 is 74.3 Å². The van der Waals surface area contributed by atoms with Gasteiger partial charge in [0, 0.05) is 48.7 Å². The summed E-state index contributed by atoms with van der Waals surface area (Å²) in [4.78, 5) is 23.4. The SMILES string of the molecule is C[C@@H]1CC[C@H]2C(COCCCCO[C@@]3(C(F)(F)F)O[C@@H]4O[C@]5(C)CCC6[C@H](C)CC[C@@H]([C@H]3C)C64OO5)=C(C(F)(F)F)O[C@@H]3O[C@]4(C)CCC1C32OO4. The summed E-state index contributed by atoms with van der Waals surface area (Å²) < 4.78 is 124.